The predicted molar refractivity (Wildman–Crippen MR) is 135 cm³/mol. The fourth-order valence-corrected chi connectivity index (χ4v) is 5.99. The number of hydrogen-bond donors (Lipinski definition) is 1. The first kappa shape index (κ1) is 25.7. The molecule has 0 unspecified atom stereocenters. The molecule has 0 atom stereocenters. The molecule has 4 rings (SSSR count). The Kier molecular flexibility index (Phi) is 7.10. The first-order valence-electron chi connectivity index (χ1n) is 11.8. The number of rotatable bonds is 8. The minimum absolute atomic E-state index is 0.114. The Labute approximate surface area is 208 Å². The average Bonchev–Trinajstić information content (AvgIpc) is 3.17. The van der Waals surface area contributed by atoms with E-state index >= 15 is 0 Å². The molecule has 2 heterocycles. The molecule has 36 heavy (non-hydrogen) atoms. The minimum atomic E-state index is -3.65. The van der Waals surface area contributed by atoms with Crippen molar-refractivity contribution in [2.75, 3.05) is 13.1 Å². The molecule has 190 valence electrons. The fraction of sp³-hybridized carbons (Fsp3) is 0.308. The van der Waals surface area contributed by atoms with Crippen molar-refractivity contribution in [1.82, 2.24) is 18.9 Å². The molecule has 0 fully saturated rings. The number of nitrogens with zero attached hydrogens (tertiary/aromatic N) is 3. The molecule has 0 spiro atoms. The summed E-state index contributed by atoms with van der Waals surface area (Å²) in [6.45, 7) is 8.01. The van der Waals surface area contributed by atoms with Crippen molar-refractivity contribution in [3.8, 4) is 22.4 Å². The number of nitrogens with one attached hydrogen (secondary N) is 1. The summed E-state index contributed by atoms with van der Waals surface area (Å²) in [4.78, 5) is 16.5. The lowest BCUT2D eigenvalue weighted by Gasteiger charge is -2.21. The molecule has 2 aromatic carbocycles. The van der Waals surface area contributed by atoms with Gasteiger partial charge in [0.1, 0.15) is 17.3 Å². The molecule has 0 aliphatic carbocycles. The van der Waals surface area contributed by atoms with E-state index in [1.54, 1.807) is 26.0 Å². The van der Waals surface area contributed by atoms with Crippen molar-refractivity contribution in [2.45, 2.75) is 45.4 Å². The van der Waals surface area contributed by atoms with Crippen LogP contribution < -0.4 is 5.56 Å². The van der Waals surface area contributed by atoms with Gasteiger partial charge in [0.25, 0.3) is 5.56 Å². The Morgan fingerprint density at radius 3 is 2.22 bits per heavy atom. The third-order valence-electron chi connectivity index (χ3n) is 6.12. The van der Waals surface area contributed by atoms with Crippen LogP contribution in [0.1, 0.15) is 37.9 Å². The normalized spacial score (nSPS) is 12.1. The number of fused-ring (bicyclic) bond motifs is 1. The number of aryl methyl sites for hydroxylation is 1. The SMILES string of the molecule is CCCN(CCC)S(=O)(=O)c1ccc(-c2[nH]c3c(-c4ccc(F)cc4F)c(C)nn3c(=O)c2C)cc1. The summed E-state index contributed by atoms with van der Waals surface area (Å²) >= 11 is 0. The van der Waals surface area contributed by atoms with Crippen molar-refractivity contribution in [3.63, 3.8) is 0 Å². The van der Waals surface area contributed by atoms with Gasteiger partial charge in [0.15, 0.2) is 0 Å². The standard InChI is InChI=1S/C26H28F2N4O3S/c1-5-13-31(14-6-2)36(34,35)20-10-7-18(8-11-20)24-16(3)26(33)32-25(29-24)23(17(4)30-32)21-12-9-19(27)15-22(21)28/h7-12,15,29H,5-6,13-14H2,1-4H3. The highest BCUT2D eigenvalue weighted by atomic mass is 32.2. The molecule has 0 saturated carbocycles. The van der Waals surface area contributed by atoms with Crippen LogP contribution in [-0.2, 0) is 10.0 Å². The van der Waals surface area contributed by atoms with Crippen LogP contribution in [0.3, 0.4) is 0 Å². The Bertz CT molecular complexity index is 1590. The highest BCUT2D eigenvalue weighted by Gasteiger charge is 2.24. The Balaban J connectivity index is 1.84. The zero-order valence-electron chi connectivity index (χ0n) is 20.6. The molecular weight excluding hydrogens is 486 g/mol. The summed E-state index contributed by atoms with van der Waals surface area (Å²) in [6, 6.07) is 9.56. The van der Waals surface area contributed by atoms with E-state index < -0.39 is 27.2 Å². The number of aromatic nitrogens is 3. The minimum Gasteiger partial charge on any atom is -0.339 e. The molecule has 0 radical (unpaired) electrons. The smallest absolute Gasteiger partial charge is 0.277 e. The third-order valence-corrected chi connectivity index (χ3v) is 8.03. The molecule has 0 saturated heterocycles. The third kappa shape index (κ3) is 4.46. The van der Waals surface area contributed by atoms with Gasteiger partial charge in [-0.1, -0.05) is 26.0 Å². The molecule has 10 heteroatoms. The Morgan fingerprint density at radius 1 is 1.00 bits per heavy atom. The summed E-state index contributed by atoms with van der Waals surface area (Å²) in [5.74, 6) is -1.48. The summed E-state index contributed by atoms with van der Waals surface area (Å²) < 4.78 is 57.0. The second-order valence-corrected chi connectivity index (χ2v) is 10.6. The van der Waals surface area contributed by atoms with Gasteiger partial charge in [0.05, 0.1) is 21.8 Å². The molecule has 0 aliphatic heterocycles. The van der Waals surface area contributed by atoms with E-state index in [0.717, 1.165) is 12.1 Å². The van der Waals surface area contributed by atoms with Crippen LogP contribution >= 0.6 is 0 Å². The molecule has 4 aromatic rings. The summed E-state index contributed by atoms with van der Waals surface area (Å²) in [5.41, 5.74) is 2.14. The van der Waals surface area contributed by atoms with E-state index in [0.29, 0.717) is 54.0 Å². The molecule has 1 N–H and O–H groups in total. The second-order valence-electron chi connectivity index (χ2n) is 8.70. The van der Waals surface area contributed by atoms with Crippen LogP contribution in [0, 0.1) is 25.5 Å². The first-order chi connectivity index (χ1) is 17.1. The molecule has 2 aromatic heterocycles. The van der Waals surface area contributed by atoms with Gasteiger partial charge >= 0.3 is 0 Å². The van der Waals surface area contributed by atoms with Gasteiger partial charge < -0.3 is 4.98 Å². The summed E-state index contributed by atoms with van der Waals surface area (Å²) in [5, 5.41) is 4.28. The highest BCUT2D eigenvalue weighted by Crippen LogP contribution is 2.31. The van der Waals surface area contributed by atoms with Crippen LogP contribution in [0.5, 0.6) is 0 Å². The van der Waals surface area contributed by atoms with Crippen molar-refractivity contribution in [2.24, 2.45) is 0 Å². The number of halogens is 2. The maximum absolute atomic E-state index is 14.6. The van der Waals surface area contributed by atoms with Gasteiger partial charge in [0.2, 0.25) is 10.0 Å². The van der Waals surface area contributed by atoms with Crippen LogP contribution in [0.2, 0.25) is 0 Å². The number of sulfonamides is 1. The van der Waals surface area contributed by atoms with Gasteiger partial charge in [0, 0.05) is 30.3 Å². The van der Waals surface area contributed by atoms with E-state index in [1.165, 1.54) is 27.0 Å². The topological polar surface area (TPSA) is 87.5 Å². The average molecular weight is 515 g/mol. The van der Waals surface area contributed by atoms with Crippen LogP contribution in [-0.4, -0.2) is 40.4 Å². The highest BCUT2D eigenvalue weighted by molar-refractivity contribution is 7.89. The molecule has 0 aliphatic rings. The van der Waals surface area contributed by atoms with Gasteiger partial charge in [-0.25, -0.2) is 17.2 Å². The quantitative estimate of drug-likeness (QED) is 0.356. The number of H-pyrrole nitrogens is 1. The van der Waals surface area contributed by atoms with Crippen LogP contribution in [0.25, 0.3) is 28.0 Å². The number of benzene rings is 2. The lowest BCUT2D eigenvalue weighted by molar-refractivity contribution is 0.410. The maximum Gasteiger partial charge on any atom is 0.277 e. The van der Waals surface area contributed by atoms with E-state index in [4.69, 9.17) is 0 Å². The van der Waals surface area contributed by atoms with Crippen molar-refractivity contribution >= 4 is 15.7 Å². The molecule has 0 bridgehead atoms. The van der Waals surface area contributed by atoms with Gasteiger partial charge in [-0.05, 0) is 56.5 Å². The fourth-order valence-electron chi connectivity index (χ4n) is 4.36. The largest absolute Gasteiger partial charge is 0.339 e. The summed E-state index contributed by atoms with van der Waals surface area (Å²) in [7, 11) is -3.65. The van der Waals surface area contributed by atoms with E-state index in [2.05, 4.69) is 10.1 Å². The van der Waals surface area contributed by atoms with Crippen LogP contribution in [0.15, 0.2) is 52.2 Å². The predicted octanol–water partition coefficient (Wildman–Crippen LogP) is 5.06. The van der Waals surface area contributed by atoms with Crippen molar-refractivity contribution in [3.05, 3.63) is 75.7 Å². The second kappa shape index (κ2) is 9.94. The molecular formula is C26H28F2N4O3S. The first-order valence-corrected chi connectivity index (χ1v) is 13.2. The number of aromatic amines is 1. The Morgan fingerprint density at radius 2 is 1.64 bits per heavy atom. The number of hydrogen-bond acceptors (Lipinski definition) is 4. The zero-order chi connectivity index (χ0) is 26.2. The zero-order valence-corrected chi connectivity index (χ0v) is 21.4. The van der Waals surface area contributed by atoms with Gasteiger partial charge in [-0.15, -0.1) is 0 Å². The summed E-state index contributed by atoms with van der Waals surface area (Å²) in [6.07, 6.45) is 1.42. The van der Waals surface area contributed by atoms with E-state index in [1.807, 2.05) is 13.8 Å². The monoisotopic (exact) mass is 514 g/mol. The van der Waals surface area contributed by atoms with Crippen molar-refractivity contribution < 1.29 is 17.2 Å². The Hall–Kier alpha value is -3.37. The van der Waals surface area contributed by atoms with Gasteiger partial charge in [-0.2, -0.15) is 13.9 Å². The van der Waals surface area contributed by atoms with E-state index in [9.17, 15) is 22.0 Å². The van der Waals surface area contributed by atoms with Crippen molar-refractivity contribution in [1.29, 1.82) is 0 Å². The van der Waals surface area contributed by atoms with E-state index in [-0.39, 0.29) is 16.1 Å². The maximum atomic E-state index is 14.6. The lowest BCUT2D eigenvalue weighted by atomic mass is 10.0. The van der Waals surface area contributed by atoms with Gasteiger partial charge in [-0.3, -0.25) is 4.79 Å². The molecule has 7 nitrogen and oxygen atoms in total. The lowest BCUT2D eigenvalue weighted by Crippen LogP contribution is -2.32. The van der Waals surface area contributed by atoms with Crippen LogP contribution in [0.4, 0.5) is 8.78 Å². The molecule has 0 amide bonds.